The molecule has 0 aromatic carbocycles. The minimum atomic E-state index is -0.787. The van der Waals surface area contributed by atoms with Gasteiger partial charge in [0.05, 0.1) is 0 Å². The van der Waals surface area contributed by atoms with Crippen molar-refractivity contribution in [3.8, 4) is 0 Å². The molecule has 0 fully saturated rings. The number of nitrogens with zero attached hydrogens (tertiary/aromatic N) is 1. The molecule has 0 aliphatic carbocycles. The highest BCUT2D eigenvalue weighted by molar-refractivity contribution is 5.68. The van der Waals surface area contributed by atoms with Gasteiger partial charge in [-0.1, -0.05) is 6.92 Å². The molecular formula is C15H30N2O4. The van der Waals surface area contributed by atoms with E-state index in [2.05, 4.69) is 5.32 Å². The van der Waals surface area contributed by atoms with Gasteiger partial charge in [-0.05, 0) is 40.5 Å². The van der Waals surface area contributed by atoms with Gasteiger partial charge in [0, 0.05) is 32.1 Å². The second-order valence-electron chi connectivity index (χ2n) is 6.25. The zero-order valence-electron chi connectivity index (χ0n) is 13.9. The van der Waals surface area contributed by atoms with E-state index >= 15 is 0 Å². The highest BCUT2D eigenvalue weighted by atomic mass is 16.6. The van der Waals surface area contributed by atoms with E-state index in [-0.39, 0.29) is 18.6 Å². The van der Waals surface area contributed by atoms with Gasteiger partial charge < -0.3 is 20.1 Å². The van der Waals surface area contributed by atoms with Crippen LogP contribution in [0.2, 0.25) is 0 Å². The zero-order valence-corrected chi connectivity index (χ0v) is 13.9. The van der Waals surface area contributed by atoms with Crippen LogP contribution in [0.5, 0.6) is 0 Å². The number of nitrogens with one attached hydrogen (secondary N) is 1. The normalized spacial score (nSPS) is 12.8. The zero-order chi connectivity index (χ0) is 16.5. The Morgan fingerprint density at radius 1 is 1.29 bits per heavy atom. The van der Waals surface area contributed by atoms with Crippen molar-refractivity contribution in [2.75, 3.05) is 19.6 Å². The van der Waals surface area contributed by atoms with Crippen molar-refractivity contribution in [3.05, 3.63) is 0 Å². The molecule has 0 bridgehead atoms. The molecule has 1 unspecified atom stereocenters. The Bertz CT molecular complexity index is 326. The lowest BCUT2D eigenvalue weighted by Gasteiger charge is -2.27. The van der Waals surface area contributed by atoms with Crippen LogP contribution >= 0.6 is 0 Å². The van der Waals surface area contributed by atoms with Crippen LogP contribution in [0, 0.1) is 0 Å². The molecule has 2 N–H and O–H groups in total. The van der Waals surface area contributed by atoms with Gasteiger partial charge in [0.25, 0.3) is 0 Å². The molecule has 21 heavy (non-hydrogen) atoms. The SMILES string of the molecule is CCCN(CCNC(C)CCC(=O)O)C(=O)OC(C)(C)C. The third kappa shape index (κ3) is 11.1. The number of aliphatic carboxylic acids is 1. The number of carbonyl (C=O) groups is 2. The molecule has 6 heteroatoms. The van der Waals surface area contributed by atoms with E-state index in [4.69, 9.17) is 9.84 Å². The van der Waals surface area contributed by atoms with Crippen LogP contribution in [0.15, 0.2) is 0 Å². The lowest BCUT2D eigenvalue weighted by molar-refractivity contribution is -0.137. The molecule has 0 aromatic heterocycles. The van der Waals surface area contributed by atoms with Gasteiger partial charge in [0.15, 0.2) is 0 Å². The number of hydrogen-bond donors (Lipinski definition) is 2. The summed E-state index contributed by atoms with van der Waals surface area (Å²) in [5, 5.41) is 11.9. The summed E-state index contributed by atoms with van der Waals surface area (Å²) in [6.45, 7) is 11.3. The molecule has 0 aliphatic heterocycles. The summed E-state index contributed by atoms with van der Waals surface area (Å²) in [7, 11) is 0. The molecule has 0 spiro atoms. The van der Waals surface area contributed by atoms with Crippen LogP contribution in [0.1, 0.15) is 53.9 Å². The molecule has 1 atom stereocenters. The van der Waals surface area contributed by atoms with Crippen LogP contribution in [0.4, 0.5) is 4.79 Å². The number of carboxylic acid groups (broad SMARTS) is 1. The second-order valence-corrected chi connectivity index (χ2v) is 6.25. The summed E-state index contributed by atoms with van der Waals surface area (Å²) in [5.41, 5.74) is -0.495. The monoisotopic (exact) mass is 302 g/mol. The topological polar surface area (TPSA) is 78.9 Å². The molecule has 0 saturated heterocycles. The number of amides is 1. The maximum absolute atomic E-state index is 12.0. The van der Waals surface area contributed by atoms with Crippen LogP contribution in [-0.4, -0.2) is 53.3 Å². The van der Waals surface area contributed by atoms with Gasteiger partial charge in [-0.2, -0.15) is 0 Å². The molecule has 0 saturated carbocycles. The highest BCUT2D eigenvalue weighted by Gasteiger charge is 2.21. The Hall–Kier alpha value is -1.30. The molecule has 1 amide bonds. The van der Waals surface area contributed by atoms with Crippen molar-refractivity contribution in [1.82, 2.24) is 10.2 Å². The molecule has 0 radical (unpaired) electrons. The molecule has 0 aromatic rings. The molecular weight excluding hydrogens is 272 g/mol. The third-order valence-corrected chi connectivity index (χ3v) is 2.81. The van der Waals surface area contributed by atoms with Crippen LogP contribution in [0.25, 0.3) is 0 Å². The Balaban J connectivity index is 4.15. The smallest absolute Gasteiger partial charge is 0.410 e. The summed E-state index contributed by atoms with van der Waals surface area (Å²) < 4.78 is 5.37. The lowest BCUT2D eigenvalue weighted by Crippen LogP contribution is -2.42. The van der Waals surface area contributed by atoms with Gasteiger partial charge in [0.1, 0.15) is 5.60 Å². The molecule has 124 valence electrons. The fourth-order valence-corrected chi connectivity index (χ4v) is 1.78. The summed E-state index contributed by atoms with van der Waals surface area (Å²) >= 11 is 0. The fraction of sp³-hybridized carbons (Fsp3) is 0.867. The highest BCUT2D eigenvalue weighted by Crippen LogP contribution is 2.10. The molecule has 0 heterocycles. The van der Waals surface area contributed by atoms with Crippen LogP contribution < -0.4 is 5.32 Å². The average molecular weight is 302 g/mol. The third-order valence-electron chi connectivity index (χ3n) is 2.81. The Morgan fingerprint density at radius 2 is 1.90 bits per heavy atom. The van der Waals surface area contributed by atoms with E-state index in [1.165, 1.54) is 0 Å². The van der Waals surface area contributed by atoms with Gasteiger partial charge in [0.2, 0.25) is 0 Å². The second kappa shape index (κ2) is 9.60. The van der Waals surface area contributed by atoms with E-state index < -0.39 is 11.6 Å². The van der Waals surface area contributed by atoms with Gasteiger partial charge >= 0.3 is 12.1 Å². The lowest BCUT2D eigenvalue weighted by atomic mass is 10.2. The van der Waals surface area contributed by atoms with Crippen LogP contribution in [-0.2, 0) is 9.53 Å². The number of carbonyl (C=O) groups excluding carboxylic acids is 1. The number of rotatable bonds is 9. The van der Waals surface area contributed by atoms with E-state index in [0.29, 0.717) is 26.1 Å². The Morgan fingerprint density at radius 3 is 2.38 bits per heavy atom. The number of hydrogen-bond acceptors (Lipinski definition) is 4. The Kier molecular flexibility index (Phi) is 9.01. The van der Waals surface area contributed by atoms with Crippen molar-refractivity contribution in [2.24, 2.45) is 0 Å². The number of carboxylic acids is 1. The predicted octanol–water partition coefficient (Wildman–Crippen LogP) is 2.48. The van der Waals surface area contributed by atoms with Crippen LogP contribution in [0.3, 0.4) is 0 Å². The van der Waals surface area contributed by atoms with E-state index in [0.717, 1.165) is 6.42 Å². The minimum Gasteiger partial charge on any atom is -0.481 e. The first kappa shape index (κ1) is 19.7. The quantitative estimate of drug-likeness (QED) is 0.684. The summed E-state index contributed by atoms with van der Waals surface area (Å²) in [6.07, 6.45) is 1.30. The molecule has 0 rings (SSSR count). The van der Waals surface area contributed by atoms with E-state index in [1.807, 2.05) is 34.6 Å². The summed E-state index contributed by atoms with van der Waals surface area (Å²) in [4.78, 5) is 24.2. The fourth-order valence-electron chi connectivity index (χ4n) is 1.78. The van der Waals surface area contributed by atoms with Crippen molar-refractivity contribution in [3.63, 3.8) is 0 Å². The maximum Gasteiger partial charge on any atom is 0.410 e. The largest absolute Gasteiger partial charge is 0.481 e. The first-order valence-electron chi connectivity index (χ1n) is 7.58. The minimum absolute atomic E-state index is 0.114. The van der Waals surface area contributed by atoms with Crippen molar-refractivity contribution in [1.29, 1.82) is 0 Å². The molecule has 6 nitrogen and oxygen atoms in total. The van der Waals surface area contributed by atoms with Gasteiger partial charge in [-0.15, -0.1) is 0 Å². The van der Waals surface area contributed by atoms with E-state index in [1.54, 1.807) is 4.90 Å². The maximum atomic E-state index is 12.0. The number of ether oxygens (including phenoxy) is 1. The van der Waals surface area contributed by atoms with Crippen molar-refractivity contribution < 1.29 is 19.4 Å². The Labute approximate surface area is 127 Å². The van der Waals surface area contributed by atoms with Gasteiger partial charge in [-0.25, -0.2) is 4.79 Å². The summed E-state index contributed by atoms with van der Waals surface area (Å²) in [6, 6.07) is 0.114. The first-order valence-corrected chi connectivity index (χ1v) is 7.58. The molecule has 0 aliphatic rings. The van der Waals surface area contributed by atoms with Crippen molar-refractivity contribution in [2.45, 2.75) is 65.5 Å². The predicted molar refractivity (Wildman–Crippen MR) is 82.4 cm³/mol. The first-order chi connectivity index (χ1) is 9.65. The van der Waals surface area contributed by atoms with Crippen molar-refractivity contribution >= 4 is 12.1 Å². The summed E-state index contributed by atoms with van der Waals surface area (Å²) in [5.74, 6) is -0.787. The average Bonchev–Trinajstić information content (AvgIpc) is 2.33. The van der Waals surface area contributed by atoms with Gasteiger partial charge in [-0.3, -0.25) is 4.79 Å². The van der Waals surface area contributed by atoms with E-state index in [9.17, 15) is 9.59 Å². The standard InChI is InChI=1S/C15H30N2O4/c1-6-10-17(14(20)21-15(3,4)5)11-9-16-12(2)7-8-13(18)19/h12,16H,6-11H2,1-5H3,(H,18,19).